The van der Waals surface area contributed by atoms with Crippen molar-refractivity contribution in [3.63, 3.8) is 0 Å². The molecule has 1 aromatic heterocycles. The number of aromatic nitrogens is 1. The van der Waals surface area contributed by atoms with E-state index in [2.05, 4.69) is 48.9 Å². The second-order valence-corrected chi connectivity index (χ2v) is 8.42. The molecule has 1 heterocycles. The van der Waals surface area contributed by atoms with Gasteiger partial charge in [-0.3, -0.25) is 4.98 Å². The lowest BCUT2D eigenvalue weighted by atomic mass is 10.3. The topological polar surface area (TPSA) is 12.9 Å². The normalized spacial score (nSPS) is 12.2. The summed E-state index contributed by atoms with van der Waals surface area (Å²) in [5.41, 5.74) is 2.39. The van der Waals surface area contributed by atoms with E-state index in [0.717, 1.165) is 0 Å². The maximum atomic E-state index is 4.44. The van der Waals surface area contributed by atoms with Gasteiger partial charge in [0.25, 0.3) is 0 Å². The molecule has 14 heavy (non-hydrogen) atoms. The summed E-state index contributed by atoms with van der Waals surface area (Å²) in [5.74, 6) is 0. The van der Waals surface area contributed by atoms with Crippen LogP contribution in [0.3, 0.4) is 0 Å². The standard InChI is InChI=1S/C12H19NSi/c1-4-5-8-11-14(2,3)12-9-6-7-10-13-12/h6-11H,4-5H2,1-3H3. The molecule has 0 spiro atoms. The van der Waals surface area contributed by atoms with Crippen molar-refractivity contribution < 1.29 is 0 Å². The van der Waals surface area contributed by atoms with Gasteiger partial charge in [-0.25, -0.2) is 0 Å². The molecule has 1 rings (SSSR count). The van der Waals surface area contributed by atoms with Crippen LogP contribution in [0.2, 0.25) is 13.1 Å². The summed E-state index contributed by atoms with van der Waals surface area (Å²) in [6.07, 6.45) is 6.60. The molecule has 76 valence electrons. The van der Waals surface area contributed by atoms with Crippen LogP contribution < -0.4 is 5.32 Å². The van der Waals surface area contributed by atoms with Crippen molar-refractivity contribution in [3.05, 3.63) is 36.2 Å². The Morgan fingerprint density at radius 2 is 2.14 bits per heavy atom. The molecule has 1 nitrogen and oxygen atoms in total. The highest BCUT2D eigenvalue weighted by Gasteiger charge is 2.20. The Hall–Kier alpha value is -0.893. The van der Waals surface area contributed by atoms with Gasteiger partial charge in [0.15, 0.2) is 0 Å². The molecule has 0 aliphatic heterocycles. The van der Waals surface area contributed by atoms with Crippen LogP contribution in [0, 0.1) is 0 Å². The molecule has 0 radical (unpaired) electrons. The Morgan fingerprint density at radius 3 is 2.71 bits per heavy atom. The quantitative estimate of drug-likeness (QED) is 0.689. The molecule has 0 aliphatic rings. The summed E-state index contributed by atoms with van der Waals surface area (Å²) in [6.45, 7) is 6.88. The molecule has 0 atom stereocenters. The first kappa shape index (κ1) is 11.2. The molecule has 0 fully saturated rings. The Kier molecular flexibility index (Phi) is 4.08. The highest BCUT2D eigenvalue weighted by Crippen LogP contribution is 2.04. The molecule has 0 N–H and O–H groups in total. The lowest BCUT2D eigenvalue weighted by Gasteiger charge is -2.16. The first-order valence-electron chi connectivity index (χ1n) is 5.26. The maximum Gasteiger partial charge on any atom is 0.127 e. The Bertz CT molecular complexity index is 290. The van der Waals surface area contributed by atoms with E-state index in [1.54, 1.807) is 0 Å². The molecule has 0 saturated carbocycles. The van der Waals surface area contributed by atoms with E-state index in [1.807, 2.05) is 12.3 Å². The van der Waals surface area contributed by atoms with Crippen molar-refractivity contribution in [2.75, 3.05) is 0 Å². The summed E-state index contributed by atoms with van der Waals surface area (Å²) in [5, 5.41) is 1.27. The average molecular weight is 205 g/mol. The van der Waals surface area contributed by atoms with E-state index >= 15 is 0 Å². The third-order valence-corrected chi connectivity index (χ3v) is 5.00. The zero-order valence-electron chi connectivity index (χ0n) is 9.33. The SMILES string of the molecule is CCCC=C[Si](C)(C)c1ccccn1. The van der Waals surface area contributed by atoms with Gasteiger partial charge < -0.3 is 0 Å². The molecule has 0 unspecified atom stereocenters. The molecule has 0 aliphatic carbocycles. The van der Waals surface area contributed by atoms with Gasteiger partial charge in [0.2, 0.25) is 0 Å². The van der Waals surface area contributed by atoms with Crippen molar-refractivity contribution in [1.29, 1.82) is 0 Å². The molecule has 1 aromatic rings. The van der Waals surface area contributed by atoms with Crippen LogP contribution in [-0.2, 0) is 0 Å². The minimum Gasteiger partial charge on any atom is -0.266 e. The number of allylic oxidation sites excluding steroid dienone is 1. The third-order valence-electron chi connectivity index (χ3n) is 2.31. The summed E-state index contributed by atoms with van der Waals surface area (Å²) in [7, 11) is -1.41. The van der Waals surface area contributed by atoms with E-state index in [9.17, 15) is 0 Å². The van der Waals surface area contributed by atoms with E-state index in [1.165, 1.54) is 18.2 Å². The zero-order valence-corrected chi connectivity index (χ0v) is 10.3. The first-order valence-corrected chi connectivity index (χ1v) is 8.34. The Morgan fingerprint density at radius 1 is 1.36 bits per heavy atom. The van der Waals surface area contributed by atoms with Gasteiger partial charge in [0.05, 0.1) is 0 Å². The highest BCUT2D eigenvalue weighted by molar-refractivity contribution is 6.93. The lowest BCUT2D eigenvalue weighted by Crippen LogP contribution is -2.41. The second-order valence-electron chi connectivity index (χ2n) is 4.13. The van der Waals surface area contributed by atoms with Crippen LogP contribution in [0.4, 0.5) is 0 Å². The number of hydrogen-bond acceptors (Lipinski definition) is 1. The molecular weight excluding hydrogens is 186 g/mol. The number of unbranched alkanes of at least 4 members (excludes halogenated alkanes) is 1. The molecule has 2 heteroatoms. The fraction of sp³-hybridized carbons (Fsp3) is 0.417. The van der Waals surface area contributed by atoms with Crippen LogP contribution in [0.15, 0.2) is 36.2 Å². The summed E-state index contributed by atoms with van der Waals surface area (Å²) < 4.78 is 0. The summed E-state index contributed by atoms with van der Waals surface area (Å²) in [4.78, 5) is 4.44. The average Bonchev–Trinajstić information content (AvgIpc) is 2.19. The van der Waals surface area contributed by atoms with Gasteiger partial charge in [0.1, 0.15) is 8.07 Å². The summed E-state index contributed by atoms with van der Waals surface area (Å²) >= 11 is 0. The van der Waals surface area contributed by atoms with Crippen LogP contribution >= 0.6 is 0 Å². The molecule has 0 saturated heterocycles. The lowest BCUT2D eigenvalue weighted by molar-refractivity contribution is 0.959. The fourth-order valence-corrected chi connectivity index (χ4v) is 3.23. The smallest absolute Gasteiger partial charge is 0.127 e. The molecule has 0 bridgehead atoms. The second kappa shape index (κ2) is 5.10. The number of hydrogen-bond donors (Lipinski definition) is 0. The predicted octanol–water partition coefficient (Wildman–Crippen LogP) is 2.89. The van der Waals surface area contributed by atoms with Crippen molar-refractivity contribution in [2.45, 2.75) is 32.9 Å². The number of rotatable bonds is 4. The van der Waals surface area contributed by atoms with Gasteiger partial charge in [-0.1, -0.05) is 44.3 Å². The Labute approximate surface area is 87.9 Å². The maximum absolute atomic E-state index is 4.44. The largest absolute Gasteiger partial charge is 0.266 e. The molecule has 0 aromatic carbocycles. The van der Waals surface area contributed by atoms with Crippen LogP contribution in [-0.4, -0.2) is 13.1 Å². The van der Waals surface area contributed by atoms with Gasteiger partial charge in [-0.15, -0.1) is 0 Å². The van der Waals surface area contributed by atoms with Gasteiger partial charge in [0, 0.05) is 11.5 Å². The Balaban J connectivity index is 2.75. The van der Waals surface area contributed by atoms with E-state index in [4.69, 9.17) is 0 Å². The summed E-state index contributed by atoms with van der Waals surface area (Å²) in [6, 6.07) is 6.19. The van der Waals surface area contributed by atoms with E-state index in [-0.39, 0.29) is 0 Å². The van der Waals surface area contributed by atoms with Gasteiger partial charge in [-0.2, -0.15) is 0 Å². The van der Waals surface area contributed by atoms with E-state index < -0.39 is 8.07 Å². The van der Waals surface area contributed by atoms with E-state index in [0.29, 0.717) is 0 Å². The molecular formula is C12H19NSi. The minimum atomic E-state index is -1.41. The number of nitrogens with zero attached hydrogens (tertiary/aromatic N) is 1. The third kappa shape index (κ3) is 3.11. The van der Waals surface area contributed by atoms with Crippen molar-refractivity contribution >= 4 is 13.4 Å². The van der Waals surface area contributed by atoms with Crippen molar-refractivity contribution in [3.8, 4) is 0 Å². The molecule has 0 amide bonds. The highest BCUT2D eigenvalue weighted by atomic mass is 28.3. The predicted molar refractivity (Wildman–Crippen MR) is 65.4 cm³/mol. The first-order chi connectivity index (χ1) is 6.67. The van der Waals surface area contributed by atoms with Gasteiger partial charge in [-0.05, 0) is 18.6 Å². The van der Waals surface area contributed by atoms with Crippen molar-refractivity contribution in [2.24, 2.45) is 0 Å². The van der Waals surface area contributed by atoms with Crippen LogP contribution in [0.5, 0.6) is 0 Å². The number of pyridine rings is 1. The minimum absolute atomic E-state index is 1.18. The van der Waals surface area contributed by atoms with Gasteiger partial charge >= 0.3 is 0 Å². The van der Waals surface area contributed by atoms with Crippen molar-refractivity contribution in [1.82, 2.24) is 4.98 Å². The zero-order chi connectivity index (χ0) is 10.4. The van der Waals surface area contributed by atoms with Crippen LogP contribution in [0.1, 0.15) is 19.8 Å². The monoisotopic (exact) mass is 205 g/mol. The fourth-order valence-electron chi connectivity index (χ4n) is 1.37. The van der Waals surface area contributed by atoms with Crippen LogP contribution in [0.25, 0.3) is 0 Å².